The van der Waals surface area contributed by atoms with Crippen molar-refractivity contribution in [2.75, 3.05) is 0 Å². The molecule has 90 valence electrons. The van der Waals surface area contributed by atoms with Gasteiger partial charge in [0.1, 0.15) is 5.82 Å². The maximum atomic E-state index is 10.1. The summed E-state index contributed by atoms with van der Waals surface area (Å²) in [5, 5.41) is 10.1. The van der Waals surface area contributed by atoms with Crippen LogP contribution < -0.4 is 0 Å². The zero-order valence-electron chi connectivity index (χ0n) is 10.1. The molecule has 1 aromatic heterocycles. The Morgan fingerprint density at radius 2 is 2.25 bits per heavy atom. The van der Waals surface area contributed by atoms with Crippen molar-refractivity contribution in [3.63, 3.8) is 0 Å². The Morgan fingerprint density at radius 1 is 1.50 bits per heavy atom. The molecule has 3 nitrogen and oxygen atoms in total. The van der Waals surface area contributed by atoms with E-state index >= 15 is 0 Å². The Labute approximate surface area is 97.5 Å². The van der Waals surface area contributed by atoms with Crippen molar-refractivity contribution in [1.29, 1.82) is 0 Å². The van der Waals surface area contributed by atoms with Crippen LogP contribution in [0.3, 0.4) is 0 Å². The van der Waals surface area contributed by atoms with E-state index in [2.05, 4.69) is 16.5 Å². The first-order valence-electron chi connectivity index (χ1n) is 6.47. The van der Waals surface area contributed by atoms with E-state index in [1.807, 2.05) is 12.4 Å². The van der Waals surface area contributed by atoms with Crippen LogP contribution in [-0.2, 0) is 13.0 Å². The second-order valence-corrected chi connectivity index (χ2v) is 4.89. The summed E-state index contributed by atoms with van der Waals surface area (Å²) in [6.07, 6.45) is 10.8. The number of hydrogen-bond acceptors (Lipinski definition) is 2. The van der Waals surface area contributed by atoms with Gasteiger partial charge in [0.2, 0.25) is 0 Å². The zero-order chi connectivity index (χ0) is 11.4. The third kappa shape index (κ3) is 2.85. The van der Waals surface area contributed by atoms with Crippen LogP contribution in [0.5, 0.6) is 0 Å². The largest absolute Gasteiger partial charge is 0.391 e. The van der Waals surface area contributed by atoms with E-state index in [9.17, 15) is 5.11 Å². The van der Waals surface area contributed by atoms with E-state index in [4.69, 9.17) is 0 Å². The molecule has 1 aliphatic carbocycles. The van der Waals surface area contributed by atoms with Gasteiger partial charge in [0.15, 0.2) is 0 Å². The first-order chi connectivity index (χ1) is 7.79. The minimum atomic E-state index is -0.206. The van der Waals surface area contributed by atoms with Crippen molar-refractivity contribution in [2.45, 2.75) is 58.1 Å². The Balaban J connectivity index is 1.84. The summed E-state index contributed by atoms with van der Waals surface area (Å²) in [6, 6.07) is 0. The molecular formula is C13H22N2O. The summed E-state index contributed by atoms with van der Waals surface area (Å²) >= 11 is 0. The lowest BCUT2D eigenvalue weighted by Gasteiger charge is -2.16. The van der Waals surface area contributed by atoms with Crippen molar-refractivity contribution in [2.24, 2.45) is 5.92 Å². The Hall–Kier alpha value is -0.830. The second-order valence-electron chi connectivity index (χ2n) is 4.89. The van der Waals surface area contributed by atoms with Crippen LogP contribution in [0, 0.1) is 5.92 Å². The Bertz CT molecular complexity index is 315. The lowest BCUT2D eigenvalue weighted by atomic mass is 10.00. The topological polar surface area (TPSA) is 38.0 Å². The van der Waals surface area contributed by atoms with E-state index in [0.717, 1.165) is 24.6 Å². The fourth-order valence-electron chi connectivity index (χ4n) is 2.75. The van der Waals surface area contributed by atoms with Gasteiger partial charge in [-0.2, -0.15) is 0 Å². The molecule has 0 radical (unpaired) electrons. The maximum Gasteiger partial charge on any atom is 0.108 e. The number of nitrogens with zero attached hydrogens (tertiary/aromatic N) is 2. The number of aliphatic hydroxyl groups is 1. The molecule has 0 aromatic carbocycles. The highest BCUT2D eigenvalue weighted by Gasteiger charge is 2.19. The summed E-state index contributed by atoms with van der Waals surface area (Å²) in [7, 11) is 0. The number of aromatic nitrogens is 2. The summed E-state index contributed by atoms with van der Waals surface area (Å²) in [4.78, 5) is 4.27. The summed E-state index contributed by atoms with van der Waals surface area (Å²) in [6.45, 7) is 2.81. The number of aliphatic hydroxyl groups excluding tert-OH is 1. The first kappa shape index (κ1) is 11.6. The lowest BCUT2D eigenvalue weighted by molar-refractivity contribution is 0.123. The zero-order valence-corrected chi connectivity index (χ0v) is 10.1. The highest BCUT2D eigenvalue weighted by molar-refractivity contribution is 4.92. The van der Waals surface area contributed by atoms with Gasteiger partial charge in [-0.25, -0.2) is 4.98 Å². The molecule has 1 fully saturated rings. The van der Waals surface area contributed by atoms with E-state index in [1.165, 1.54) is 25.7 Å². The van der Waals surface area contributed by atoms with Gasteiger partial charge in [-0.05, 0) is 12.3 Å². The van der Waals surface area contributed by atoms with Crippen LogP contribution in [-0.4, -0.2) is 20.8 Å². The number of aryl methyl sites for hydroxylation is 1. The van der Waals surface area contributed by atoms with Crippen LogP contribution in [0.25, 0.3) is 0 Å². The predicted molar refractivity (Wildman–Crippen MR) is 64.2 cm³/mol. The van der Waals surface area contributed by atoms with Crippen molar-refractivity contribution in [3.8, 4) is 0 Å². The van der Waals surface area contributed by atoms with Gasteiger partial charge in [-0.15, -0.1) is 0 Å². The van der Waals surface area contributed by atoms with Gasteiger partial charge in [0.25, 0.3) is 0 Å². The van der Waals surface area contributed by atoms with E-state index in [0.29, 0.717) is 6.54 Å². The number of rotatable bonds is 5. The van der Waals surface area contributed by atoms with Crippen molar-refractivity contribution in [1.82, 2.24) is 9.55 Å². The molecule has 0 saturated heterocycles. The van der Waals surface area contributed by atoms with E-state index in [-0.39, 0.29) is 6.10 Å². The van der Waals surface area contributed by atoms with Gasteiger partial charge in [0.05, 0.1) is 6.10 Å². The second kappa shape index (κ2) is 5.48. The third-order valence-electron chi connectivity index (χ3n) is 3.61. The Kier molecular flexibility index (Phi) is 3.99. The lowest BCUT2D eigenvalue weighted by Crippen LogP contribution is -2.19. The Morgan fingerprint density at radius 3 is 2.94 bits per heavy atom. The van der Waals surface area contributed by atoms with Gasteiger partial charge in [-0.1, -0.05) is 32.6 Å². The molecule has 16 heavy (non-hydrogen) atoms. The molecular weight excluding hydrogens is 200 g/mol. The number of hydrogen-bond donors (Lipinski definition) is 1. The highest BCUT2D eigenvalue weighted by Crippen LogP contribution is 2.28. The maximum absolute atomic E-state index is 10.1. The van der Waals surface area contributed by atoms with Gasteiger partial charge in [-0.3, -0.25) is 0 Å². The van der Waals surface area contributed by atoms with Crippen molar-refractivity contribution >= 4 is 0 Å². The van der Waals surface area contributed by atoms with Crippen LogP contribution in [0.2, 0.25) is 0 Å². The smallest absolute Gasteiger partial charge is 0.108 e. The van der Waals surface area contributed by atoms with Crippen LogP contribution in [0.4, 0.5) is 0 Å². The van der Waals surface area contributed by atoms with Gasteiger partial charge >= 0.3 is 0 Å². The van der Waals surface area contributed by atoms with E-state index < -0.39 is 0 Å². The fraction of sp³-hybridized carbons (Fsp3) is 0.769. The van der Waals surface area contributed by atoms with Crippen molar-refractivity contribution in [3.05, 3.63) is 18.2 Å². The van der Waals surface area contributed by atoms with Crippen LogP contribution in [0.15, 0.2) is 12.4 Å². The minimum Gasteiger partial charge on any atom is -0.391 e. The summed E-state index contributed by atoms with van der Waals surface area (Å²) in [5.41, 5.74) is 0. The SMILES string of the molecule is CCc1nccn1CC(O)CC1CCCC1. The third-order valence-corrected chi connectivity index (χ3v) is 3.61. The highest BCUT2D eigenvalue weighted by atomic mass is 16.3. The average Bonchev–Trinajstić information content (AvgIpc) is 2.88. The molecule has 1 atom stereocenters. The summed E-state index contributed by atoms with van der Waals surface area (Å²) in [5.74, 6) is 1.83. The van der Waals surface area contributed by atoms with Crippen LogP contribution >= 0.6 is 0 Å². The summed E-state index contributed by atoms with van der Waals surface area (Å²) < 4.78 is 2.08. The molecule has 0 amide bonds. The van der Waals surface area contributed by atoms with Crippen LogP contribution in [0.1, 0.15) is 44.9 Å². The molecule has 0 aliphatic heterocycles. The van der Waals surface area contributed by atoms with E-state index in [1.54, 1.807) is 0 Å². The standard InChI is InChI=1S/C13H22N2O/c1-2-13-14-7-8-15(13)10-12(16)9-11-5-3-4-6-11/h7-8,11-12,16H,2-6,9-10H2,1H3. The molecule has 1 heterocycles. The normalized spacial score (nSPS) is 19.1. The molecule has 1 aliphatic rings. The predicted octanol–water partition coefficient (Wildman–Crippen LogP) is 2.39. The molecule has 3 heteroatoms. The molecule has 2 rings (SSSR count). The van der Waals surface area contributed by atoms with Gasteiger partial charge in [0, 0.05) is 25.4 Å². The number of imidazole rings is 1. The first-order valence-corrected chi connectivity index (χ1v) is 6.47. The molecule has 0 spiro atoms. The molecule has 1 unspecified atom stereocenters. The molecule has 1 aromatic rings. The van der Waals surface area contributed by atoms with Gasteiger partial charge < -0.3 is 9.67 Å². The quantitative estimate of drug-likeness (QED) is 0.830. The van der Waals surface area contributed by atoms with Crippen molar-refractivity contribution < 1.29 is 5.11 Å². The average molecular weight is 222 g/mol. The molecule has 1 saturated carbocycles. The fourth-order valence-corrected chi connectivity index (χ4v) is 2.75. The molecule has 0 bridgehead atoms. The minimum absolute atomic E-state index is 0.206. The molecule has 1 N–H and O–H groups in total. The monoisotopic (exact) mass is 222 g/mol.